The van der Waals surface area contributed by atoms with Crippen LogP contribution >= 0.6 is 15.9 Å². The zero-order valence-corrected chi connectivity index (χ0v) is 8.21. The van der Waals surface area contributed by atoms with Crippen LogP contribution in [0.25, 0.3) is 0 Å². The fourth-order valence-corrected chi connectivity index (χ4v) is 1.22. The normalized spacial score (nSPS) is 10.1. The van der Waals surface area contributed by atoms with Gasteiger partial charge in [-0.25, -0.2) is 0 Å². The molecule has 1 rings (SSSR count). The maximum Gasteiger partial charge on any atom is 0.0905 e. The summed E-state index contributed by atoms with van der Waals surface area (Å²) in [7, 11) is 0. The van der Waals surface area contributed by atoms with E-state index in [1.54, 1.807) is 6.20 Å². The summed E-state index contributed by atoms with van der Waals surface area (Å²) in [4.78, 5) is 0. The Balaban J connectivity index is 2.29. The van der Waals surface area contributed by atoms with Crippen LogP contribution in [0.4, 0.5) is 0 Å². The minimum absolute atomic E-state index is 0.237. The molecule has 0 atom stereocenters. The summed E-state index contributed by atoms with van der Waals surface area (Å²) >= 11 is 3.30. The summed E-state index contributed by atoms with van der Waals surface area (Å²) in [6.07, 6.45) is 5.15. The number of nitrogens with one attached hydrogen (secondary N) is 1. The van der Waals surface area contributed by atoms with Gasteiger partial charge in [0.05, 0.1) is 16.5 Å². The van der Waals surface area contributed by atoms with Crippen LogP contribution in [-0.4, -0.2) is 15.6 Å². The van der Waals surface area contributed by atoms with Crippen molar-refractivity contribution < 1.29 is 0 Å². The van der Waals surface area contributed by atoms with Gasteiger partial charge >= 0.3 is 0 Å². The summed E-state index contributed by atoms with van der Waals surface area (Å²) in [5.41, 5.74) is 5.21. The molecule has 0 radical (unpaired) electrons. The topological polar surface area (TPSA) is 67.7 Å². The summed E-state index contributed by atoms with van der Waals surface area (Å²) in [6, 6.07) is 0. The van der Waals surface area contributed by atoms with Crippen molar-refractivity contribution in [1.29, 1.82) is 5.41 Å². The lowest BCUT2D eigenvalue weighted by Crippen LogP contribution is -2.10. The van der Waals surface area contributed by atoms with Crippen LogP contribution in [-0.2, 0) is 6.54 Å². The Bertz CT molecular complexity index is 268. The summed E-state index contributed by atoms with van der Waals surface area (Å²) < 4.78 is 2.80. The second-order valence-electron chi connectivity index (χ2n) is 2.55. The fraction of sp³-hybridized carbons (Fsp3) is 0.429. The maximum atomic E-state index is 7.00. The molecule has 12 heavy (non-hydrogen) atoms. The van der Waals surface area contributed by atoms with Crippen molar-refractivity contribution in [3.8, 4) is 0 Å². The predicted octanol–water partition coefficient (Wildman–Crippen LogP) is 1.36. The molecule has 0 unspecified atom stereocenters. The van der Waals surface area contributed by atoms with E-state index in [9.17, 15) is 0 Å². The van der Waals surface area contributed by atoms with Gasteiger partial charge in [-0.15, -0.1) is 0 Å². The quantitative estimate of drug-likeness (QED) is 0.606. The van der Waals surface area contributed by atoms with Gasteiger partial charge in [0, 0.05) is 19.2 Å². The maximum absolute atomic E-state index is 7.00. The Morgan fingerprint density at radius 3 is 3.00 bits per heavy atom. The molecular weight excluding hydrogens is 220 g/mol. The molecule has 0 spiro atoms. The summed E-state index contributed by atoms with van der Waals surface area (Å²) in [5.74, 6) is 0.237. The number of aromatic nitrogens is 2. The molecule has 1 aromatic rings. The number of amidine groups is 1. The van der Waals surface area contributed by atoms with Crippen LogP contribution in [0.5, 0.6) is 0 Å². The van der Waals surface area contributed by atoms with Crippen molar-refractivity contribution in [3.63, 3.8) is 0 Å². The lowest BCUT2D eigenvalue weighted by molar-refractivity contribution is 0.588. The van der Waals surface area contributed by atoms with E-state index in [0.717, 1.165) is 17.4 Å². The third kappa shape index (κ3) is 3.04. The number of halogens is 1. The van der Waals surface area contributed by atoms with E-state index in [1.165, 1.54) is 0 Å². The van der Waals surface area contributed by atoms with Gasteiger partial charge in [-0.3, -0.25) is 10.1 Å². The molecule has 3 N–H and O–H groups in total. The van der Waals surface area contributed by atoms with E-state index in [0.29, 0.717) is 6.42 Å². The van der Waals surface area contributed by atoms with E-state index < -0.39 is 0 Å². The third-order valence-corrected chi connectivity index (χ3v) is 1.84. The van der Waals surface area contributed by atoms with Crippen LogP contribution in [0.15, 0.2) is 16.9 Å². The van der Waals surface area contributed by atoms with Crippen LogP contribution < -0.4 is 5.73 Å². The third-order valence-electron chi connectivity index (χ3n) is 1.44. The smallest absolute Gasteiger partial charge is 0.0905 e. The molecule has 0 aliphatic heterocycles. The number of nitrogens with zero attached hydrogens (tertiary/aromatic N) is 2. The number of hydrogen-bond donors (Lipinski definition) is 2. The predicted molar refractivity (Wildman–Crippen MR) is 51.1 cm³/mol. The first-order valence-corrected chi connectivity index (χ1v) is 4.48. The van der Waals surface area contributed by atoms with E-state index in [4.69, 9.17) is 11.1 Å². The molecule has 66 valence electrons. The summed E-state index contributed by atoms with van der Waals surface area (Å²) in [5, 5.41) is 11.1. The van der Waals surface area contributed by atoms with Crippen LogP contribution in [0, 0.1) is 5.41 Å². The van der Waals surface area contributed by atoms with Crippen molar-refractivity contribution in [2.45, 2.75) is 19.4 Å². The Morgan fingerprint density at radius 1 is 1.75 bits per heavy atom. The molecule has 4 nitrogen and oxygen atoms in total. The minimum atomic E-state index is 0.237. The van der Waals surface area contributed by atoms with Gasteiger partial charge in [0.15, 0.2) is 0 Å². The van der Waals surface area contributed by atoms with Gasteiger partial charge in [-0.05, 0) is 22.4 Å². The Hall–Kier alpha value is -0.840. The summed E-state index contributed by atoms with van der Waals surface area (Å²) in [6.45, 7) is 0.811. The minimum Gasteiger partial charge on any atom is -0.388 e. The first-order valence-electron chi connectivity index (χ1n) is 3.69. The lowest BCUT2D eigenvalue weighted by Gasteiger charge is -1.99. The SMILES string of the molecule is N=C(N)CCCn1cc(Br)cn1. The molecule has 0 saturated heterocycles. The molecule has 1 aromatic heterocycles. The van der Waals surface area contributed by atoms with Crippen LogP contribution in [0.2, 0.25) is 0 Å². The van der Waals surface area contributed by atoms with Crippen molar-refractivity contribution in [1.82, 2.24) is 9.78 Å². The zero-order valence-electron chi connectivity index (χ0n) is 6.63. The van der Waals surface area contributed by atoms with Crippen LogP contribution in [0.3, 0.4) is 0 Å². The number of aryl methyl sites for hydroxylation is 1. The molecule has 0 aromatic carbocycles. The molecule has 0 aliphatic carbocycles. The van der Waals surface area contributed by atoms with E-state index in [1.807, 2.05) is 10.9 Å². The van der Waals surface area contributed by atoms with Gasteiger partial charge in [0.1, 0.15) is 0 Å². The largest absolute Gasteiger partial charge is 0.388 e. The van der Waals surface area contributed by atoms with Gasteiger partial charge in [-0.1, -0.05) is 0 Å². The van der Waals surface area contributed by atoms with E-state index in [2.05, 4.69) is 21.0 Å². The van der Waals surface area contributed by atoms with Gasteiger partial charge < -0.3 is 5.73 Å². The average Bonchev–Trinajstić information content (AvgIpc) is 2.35. The Labute approximate surface area is 79.4 Å². The molecule has 0 fully saturated rings. The first-order chi connectivity index (χ1) is 5.68. The highest BCUT2D eigenvalue weighted by Crippen LogP contribution is 2.06. The van der Waals surface area contributed by atoms with E-state index in [-0.39, 0.29) is 5.84 Å². The van der Waals surface area contributed by atoms with Crippen molar-refractivity contribution in [3.05, 3.63) is 16.9 Å². The van der Waals surface area contributed by atoms with Crippen molar-refractivity contribution in [2.24, 2.45) is 5.73 Å². The number of hydrogen-bond acceptors (Lipinski definition) is 2. The molecule has 0 amide bonds. The van der Waals surface area contributed by atoms with Gasteiger partial charge in [0.25, 0.3) is 0 Å². The van der Waals surface area contributed by atoms with Crippen molar-refractivity contribution >= 4 is 21.8 Å². The Kier molecular flexibility index (Phi) is 3.28. The monoisotopic (exact) mass is 230 g/mol. The molecule has 5 heteroatoms. The molecule has 0 saturated carbocycles. The standard InChI is InChI=1S/C7H11BrN4/c8-6-4-11-12(5-6)3-1-2-7(9)10/h4-5H,1-3H2,(H3,9,10). The van der Waals surface area contributed by atoms with Gasteiger partial charge in [-0.2, -0.15) is 5.10 Å². The molecule has 0 aliphatic rings. The number of nitrogens with two attached hydrogens (primary N) is 1. The molecular formula is C7H11BrN4. The lowest BCUT2D eigenvalue weighted by atomic mass is 10.3. The highest BCUT2D eigenvalue weighted by Gasteiger charge is 1.95. The molecule has 1 heterocycles. The average molecular weight is 231 g/mol. The van der Waals surface area contributed by atoms with Crippen molar-refractivity contribution in [2.75, 3.05) is 0 Å². The highest BCUT2D eigenvalue weighted by molar-refractivity contribution is 9.10. The van der Waals surface area contributed by atoms with Gasteiger partial charge in [0.2, 0.25) is 0 Å². The van der Waals surface area contributed by atoms with E-state index >= 15 is 0 Å². The fourth-order valence-electron chi connectivity index (χ4n) is 0.892. The zero-order chi connectivity index (χ0) is 8.97. The second kappa shape index (κ2) is 4.25. The first kappa shape index (κ1) is 9.25. The second-order valence-corrected chi connectivity index (χ2v) is 3.47. The van der Waals surface area contributed by atoms with Crippen LogP contribution in [0.1, 0.15) is 12.8 Å². The highest BCUT2D eigenvalue weighted by atomic mass is 79.9. The number of rotatable bonds is 4. The Morgan fingerprint density at radius 2 is 2.50 bits per heavy atom. The molecule has 0 bridgehead atoms.